The lowest BCUT2D eigenvalue weighted by molar-refractivity contribution is 0.660. The fourth-order valence-electron chi connectivity index (χ4n) is 23.1. The molecule has 0 saturated heterocycles. The van der Waals surface area contributed by atoms with Gasteiger partial charge < -0.3 is 37.9 Å². The molecule has 0 bridgehead atoms. The fraction of sp³-hybridized carbons (Fsp3) is 0.0714. The van der Waals surface area contributed by atoms with Crippen molar-refractivity contribution in [2.45, 2.75) is 38.5 Å². The van der Waals surface area contributed by atoms with Crippen molar-refractivity contribution in [3.8, 4) is 78.4 Å². The van der Waals surface area contributed by atoms with Crippen LogP contribution >= 0.6 is 0 Å². The molecule has 2 aliphatic rings. The van der Waals surface area contributed by atoms with Crippen molar-refractivity contribution in [1.29, 1.82) is 0 Å². The van der Waals surface area contributed by atoms with E-state index in [-0.39, 0.29) is 10.8 Å². The first-order chi connectivity index (χ1) is 72.6. The molecule has 2 aliphatic carbocycles. The highest BCUT2D eigenvalue weighted by Gasteiger charge is 2.38. The van der Waals surface area contributed by atoms with E-state index in [4.69, 9.17) is 0 Å². The zero-order valence-electron chi connectivity index (χ0n) is 84.2. The highest BCUT2D eigenvalue weighted by Crippen LogP contribution is 2.53. The second-order valence-corrected chi connectivity index (χ2v) is 40.2. The normalized spacial score (nSPS) is 12.4. The van der Waals surface area contributed by atoms with Crippen LogP contribution in [0.5, 0.6) is 0 Å². The zero-order chi connectivity index (χ0) is 99.8. The maximum atomic E-state index is 2.38. The minimum absolute atomic E-state index is 0.00314. The Morgan fingerprint density at radius 2 is 0.399 bits per heavy atom. The molecule has 26 aromatic rings. The monoisotopic (exact) mass is 1900 g/mol. The zero-order valence-corrected chi connectivity index (χ0v) is 84.2. The predicted molar refractivity (Wildman–Crippen MR) is 630 cm³/mol. The third kappa shape index (κ3) is 16.1. The Morgan fingerprint density at radius 3 is 0.811 bits per heavy atom. The molecule has 0 atom stereocenters. The molecular formula is C140H110N8. The SMILES string of the molecule is CN(c1ccc(-c2ccc3ccccc3c2)cc1)c1ccc(-n2c3ccccc3c3ccccc32)cc1.CN(c1ccc(-c2ccccc2)cc1)c1ccc(-c2ccc3c4ccccc4n(-c4ccccc4)c3c2)cc1.CN(c1ccc(-n2c3ccccc3c3ccccc32)cc1)c1ccc2c(c1)C(C)(C)c1ccccc1-2.CN(c1ccc2c(c1)C(C)(C)c1ccccc1-2)c1ccc2c(c1)c1ccccc1n2-c1ccccc1. The number of hydrogen-bond acceptors (Lipinski definition) is 4. The number of para-hydroxylation sites is 8. The molecule has 148 heavy (non-hydrogen) atoms. The summed E-state index contributed by atoms with van der Waals surface area (Å²) in [5.74, 6) is 0. The van der Waals surface area contributed by atoms with Crippen LogP contribution in [0.3, 0.4) is 0 Å². The minimum atomic E-state index is -0.00413. The van der Waals surface area contributed by atoms with E-state index in [0.717, 1.165) is 22.7 Å². The molecule has 0 N–H and O–H groups in total. The number of rotatable bonds is 15. The van der Waals surface area contributed by atoms with Gasteiger partial charge in [0, 0.05) is 150 Å². The number of fused-ring (bicyclic) bond motifs is 19. The van der Waals surface area contributed by atoms with Gasteiger partial charge in [0.25, 0.3) is 0 Å². The Bertz CT molecular complexity index is 9390. The first kappa shape index (κ1) is 90.8. The van der Waals surface area contributed by atoms with Gasteiger partial charge in [-0.15, -0.1) is 0 Å². The van der Waals surface area contributed by atoms with Gasteiger partial charge in [0.15, 0.2) is 0 Å². The van der Waals surface area contributed by atoms with Gasteiger partial charge in [-0.1, -0.05) is 349 Å². The summed E-state index contributed by atoms with van der Waals surface area (Å²) in [6, 6.07) is 188. The van der Waals surface area contributed by atoms with Crippen molar-refractivity contribution in [1.82, 2.24) is 18.3 Å². The molecule has 4 aromatic heterocycles. The summed E-state index contributed by atoms with van der Waals surface area (Å²) in [4.78, 5) is 9.07. The molecule has 0 fully saturated rings. The summed E-state index contributed by atoms with van der Waals surface area (Å²) in [5, 5.41) is 12.8. The summed E-state index contributed by atoms with van der Waals surface area (Å²) in [6.45, 7) is 9.35. The maximum absolute atomic E-state index is 2.38. The first-order valence-corrected chi connectivity index (χ1v) is 51.2. The lowest BCUT2D eigenvalue weighted by Crippen LogP contribution is -2.16. The minimum Gasteiger partial charge on any atom is -0.345 e. The number of benzene rings is 22. The van der Waals surface area contributed by atoms with Crippen LogP contribution in [0.15, 0.2) is 522 Å². The van der Waals surface area contributed by atoms with E-state index in [9.17, 15) is 0 Å². The Hall–Kier alpha value is -18.5. The first-order valence-electron chi connectivity index (χ1n) is 51.2. The number of hydrogen-bond donors (Lipinski definition) is 0. The van der Waals surface area contributed by atoms with Crippen LogP contribution < -0.4 is 19.6 Å². The molecule has 0 radical (unpaired) electrons. The van der Waals surface area contributed by atoms with Crippen molar-refractivity contribution in [3.05, 3.63) is 544 Å². The van der Waals surface area contributed by atoms with Gasteiger partial charge in [0.2, 0.25) is 0 Å². The van der Waals surface area contributed by atoms with E-state index in [1.54, 1.807) is 0 Å². The van der Waals surface area contributed by atoms with Crippen LogP contribution in [0.1, 0.15) is 49.9 Å². The average Bonchev–Trinajstić information content (AvgIpc) is 1.59. The van der Waals surface area contributed by atoms with Gasteiger partial charge in [-0.3, -0.25) is 0 Å². The van der Waals surface area contributed by atoms with Gasteiger partial charge >= 0.3 is 0 Å². The van der Waals surface area contributed by atoms with Crippen LogP contribution in [0.25, 0.3) is 176 Å². The average molecular weight is 1900 g/mol. The molecule has 0 spiro atoms. The van der Waals surface area contributed by atoms with Gasteiger partial charge in [-0.25, -0.2) is 0 Å². The Labute approximate surface area is 864 Å². The van der Waals surface area contributed by atoms with E-state index in [1.807, 2.05) is 0 Å². The Balaban J connectivity index is 0.000000103. The maximum Gasteiger partial charge on any atom is 0.0547 e. The Morgan fingerprint density at radius 1 is 0.149 bits per heavy atom. The lowest BCUT2D eigenvalue weighted by Gasteiger charge is -2.25. The van der Waals surface area contributed by atoms with Crippen LogP contribution in [0.2, 0.25) is 0 Å². The van der Waals surface area contributed by atoms with Crippen LogP contribution in [-0.4, -0.2) is 46.5 Å². The van der Waals surface area contributed by atoms with Gasteiger partial charge in [0.1, 0.15) is 0 Å². The molecule has 22 aromatic carbocycles. The molecule has 710 valence electrons. The topological polar surface area (TPSA) is 32.7 Å². The third-order valence-corrected chi connectivity index (χ3v) is 31.1. The third-order valence-electron chi connectivity index (χ3n) is 31.1. The summed E-state index contributed by atoms with van der Waals surface area (Å²) in [7, 11) is 8.58. The number of nitrogens with zero attached hydrogens (tertiary/aromatic N) is 8. The van der Waals surface area contributed by atoms with Crippen molar-refractivity contribution in [3.63, 3.8) is 0 Å². The van der Waals surface area contributed by atoms with E-state index >= 15 is 0 Å². The summed E-state index contributed by atoms with van der Waals surface area (Å²) >= 11 is 0. The molecule has 4 heterocycles. The predicted octanol–water partition coefficient (Wildman–Crippen LogP) is 37.0. The van der Waals surface area contributed by atoms with Gasteiger partial charge in [-0.05, 0) is 289 Å². The van der Waals surface area contributed by atoms with Crippen molar-refractivity contribution >= 4 is 143 Å². The summed E-state index contributed by atoms with van der Waals surface area (Å²) < 4.78 is 9.45. The van der Waals surface area contributed by atoms with Crippen molar-refractivity contribution < 1.29 is 0 Å². The smallest absolute Gasteiger partial charge is 0.0547 e. The second-order valence-electron chi connectivity index (χ2n) is 40.2. The molecule has 8 nitrogen and oxygen atoms in total. The van der Waals surface area contributed by atoms with Gasteiger partial charge in [-0.2, -0.15) is 0 Å². The van der Waals surface area contributed by atoms with E-state index in [2.05, 4.69) is 615 Å². The quantitative estimate of drug-likeness (QED) is 0.102. The van der Waals surface area contributed by atoms with Crippen molar-refractivity contribution in [2.75, 3.05) is 47.8 Å². The van der Waals surface area contributed by atoms with E-state index in [1.165, 1.54) is 221 Å². The molecule has 0 aliphatic heterocycles. The molecule has 8 heteroatoms. The molecule has 28 rings (SSSR count). The van der Waals surface area contributed by atoms with E-state index < -0.39 is 0 Å². The fourth-order valence-corrected chi connectivity index (χ4v) is 23.1. The molecule has 0 saturated carbocycles. The van der Waals surface area contributed by atoms with Gasteiger partial charge in [0.05, 0.1) is 44.1 Å². The molecule has 0 amide bonds. The largest absolute Gasteiger partial charge is 0.345 e. The van der Waals surface area contributed by atoms with Crippen molar-refractivity contribution in [2.24, 2.45) is 0 Å². The summed E-state index contributed by atoms with van der Waals surface area (Å²) in [6.07, 6.45) is 0. The van der Waals surface area contributed by atoms with Crippen LogP contribution in [0.4, 0.5) is 45.5 Å². The second kappa shape index (κ2) is 37.7. The highest BCUT2D eigenvalue weighted by molar-refractivity contribution is 6.14. The Kier molecular flexibility index (Phi) is 23.1. The summed E-state index contributed by atoms with van der Waals surface area (Å²) in [5.41, 5.74) is 42.4. The molecular weight excluding hydrogens is 1790 g/mol. The highest BCUT2D eigenvalue weighted by atomic mass is 15.1. The van der Waals surface area contributed by atoms with Crippen LogP contribution in [0, 0.1) is 0 Å². The molecule has 0 unspecified atom stereocenters. The van der Waals surface area contributed by atoms with E-state index in [0.29, 0.717) is 0 Å². The van der Waals surface area contributed by atoms with Crippen LogP contribution in [-0.2, 0) is 10.8 Å². The number of anilines is 8. The standard InChI is InChI=1S/C37H28N2.C35H26N2.2C34H28N2/c1-38(31-21-16-28(17-22-31)27-10-4-2-5-11-27)32-23-18-29(19-24-32)30-20-25-35-34-14-8-9-15-36(34)39(37(35)26-30)33-12-6-3-7-13-33;1-36(29-18-16-26(17-19-29)28-15-14-25-8-2-3-9-27(25)24-28)30-20-22-31(23-21-30)37-34-12-6-4-10-32(34)33-11-5-7-13-35(33)37;1-34(2)30-13-7-4-10-26(30)27-21-20-25(22-31(27)34)35(3)23-16-18-24(19-17-23)36-32-14-8-5-11-28(32)29-12-6-9-15-33(29)36;1-34(2)30-15-9-7-13-26(30)27-19-17-25(22-31(27)34)35(3)24-18-20-33-29(21-24)28-14-8-10-16-32(28)36(33)23-11-5-4-6-12-23/h2-26H,1H3;2-24H,1H3;2*4-22H,1-3H3. The number of aromatic nitrogens is 4. The lowest BCUT2D eigenvalue weighted by atomic mass is 9.82.